The molecule has 34 heavy (non-hydrogen) atoms. The van der Waals surface area contributed by atoms with E-state index in [2.05, 4.69) is 93.6 Å². The molecular weight excluding hydrogens is 506 g/mol. The number of fused-ring (bicyclic) bond motifs is 1. The monoisotopic (exact) mass is 537 g/mol. The Balaban J connectivity index is 1.52. The topological polar surface area (TPSA) is 54.2 Å². The van der Waals surface area contributed by atoms with Crippen LogP contribution in [0.1, 0.15) is 40.0 Å². The summed E-state index contributed by atoms with van der Waals surface area (Å²) in [6.45, 7) is 7.78. The van der Waals surface area contributed by atoms with Crippen LogP contribution in [0.3, 0.4) is 0 Å². The van der Waals surface area contributed by atoms with Crippen molar-refractivity contribution in [2.45, 2.75) is 44.9 Å². The van der Waals surface area contributed by atoms with E-state index in [4.69, 9.17) is 4.98 Å². The molecule has 7 heteroatoms. The number of nitrogens with zero attached hydrogens (tertiary/aromatic N) is 3. The molecule has 0 aliphatic rings. The lowest BCUT2D eigenvalue weighted by Gasteiger charge is -2.15. The van der Waals surface area contributed by atoms with Gasteiger partial charge in [0.15, 0.2) is 5.65 Å². The third kappa shape index (κ3) is 5.95. The maximum absolute atomic E-state index is 4.81. The quantitative estimate of drug-likeness (QED) is 0.203. The van der Waals surface area contributed by atoms with Crippen LogP contribution < -0.4 is 10.0 Å². The first kappa shape index (κ1) is 24.6. The first-order valence-corrected chi connectivity index (χ1v) is 13.9. The highest BCUT2D eigenvalue weighted by atomic mass is 79.9. The van der Waals surface area contributed by atoms with Crippen molar-refractivity contribution in [2.75, 3.05) is 11.9 Å². The second-order valence-electron chi connectivity index (χ2n) is 8.42. The van der Waals surface area contributed by atoms with Crippen molar-refractivity contribution in [3.63, 3.8) is 0 Å². The summed E-state index contributed by atoms with van der Waals surface area (Å²) >= 11 is 3.58. The van der Waals surface area contributed by atoms with E-state index in [1.165, 1.54) is 24.2 Å². The van der Waals surface area contributed by atoms with Crippen LogP contribution in [0.25, 0.3) is 16.9 Å². The Labute approximate surface area is 213 Å². The van der Waals surface area contributed by atoms with Crippen molar-refractivity contribution >= 4 is 49.1 Å². The smallest absolute Gasteiger partial charge is 0.172 e. The lowest BCUT2D eigenvalue weighted by Crippen LogP contribution is -2.12. The third-order valence-corrected chi connectivity index (χ3v) is 8.12. The maximum Gasteiger partial charge on any atom is 0.172 e. The van der Waals surface area contributed by atoms with Gasteiger partial charge in [0, 0.05) is 28.8 Å². The summed E-state index contributed by atoms with van der Waals surface area (Å²) in [7, 11) is -0.0540. The molecule has 0 saturated heterocycles. The van der Waals surface area contributed by atoms with Crippen LogP contribution in [0.15, 0.2) is 76.2 Å². The Hall–Kier alpha value is -2.48. The van der Waals surface area contributed by atoms with Gasteiger partial charge < -0.3 is 5.32 Å². The highest BCUT2D eigenvalue weighted by molar-refractivity contribution is 9.10. The summed E-state index contributed by atoms with van der Waals surface area (Å²) in [5.74, 6) is 1.64. The van der Waals surface area contributed by atoms with Gasteiger partial charge in [0.25, 0.3) is 0 Å². The first-order valence-electron chi connectivity index (χ1n) is 11.8. The average molecular weight is 539 g/mol. The second-order valence-corrected chi connectivity index (χ2v) is 11.2. The van der Waals surface area contributed by atoms with Gasteiger partial charge >= 0.3 is 0 Å². The molecule has 4 rings (SSSR count). The van der Waals surface area contributed by atoms with Crippen LogP contribution in [-0.4, -0.2) is 26.5 Å². The largest absolute Gasteiger partial charge is 0.340 e. The SMILES string of the molecule is C/C=S(\NCCC(C)CCC)c1ccc(Nc2cc(-c3ccccc3)nc3c(Br)cnn23)cc1. The Morgan fingerprint density at radius 2 is 1.85 bits per heavy atom. The van der Waals surface area contributed by atoms with Crippen LogP contribution in [0.4, 0.5) is 11.5 Å². The number of nitrogens with one attached hydrogen (secondary N) is 2. The van der Waals surface area contributed by atoms with E-state index < -0.39 is 0 Å². The zero-order chi connectivity index (χ0) is 23.9. The minimum Gasteiger partial charge on any atom is -0.340 e. The highest BCUT2D eigenvalue weighted by Gasteiger charge is 2.12. The number of benzene rings is 2. The third-order valence-electron chi connectivity index (χ3n) is 5.79. The first-order chi connectivity index (χ1) is 16.6. The van der Waals surface area contributed by atoms with Gasteiger partial charge in [-0.2, -0.15) is 9.61 Å². The van der Waals surface area contributed by atoms with E-state index in [-0.39, 0.29) is 10.7 Å². The second kappa shape index (κ2) is 11.8. The molecule has 2 aromatic heterocycles. The van der Waals surface area contributed by atoms with Crippen molar-refractivity contribution in [3.8, 4) is 11.3 Å². The van der Waals surface area contributed by atoms with Gasteiger partial charge in [-0.05, 0) is 64.8 Å². The van der Waals surface area contributed by atoms with E-state index in [1.807, 2.05) is 28.8 Å². The molecule has 2 N–H and O–H groups in total. The summed E-state index contributed by atoms with van der Waals surface area (Å²) < 4.78 is 6.41. The molecule has 0 spiro atoms. The predicted molar refractivity (Wildman–Crippen MR) is 150 cm³/mol. The summed E-state index contributed by atoms with van der Waals surface area (Å²) in [5, 5.41) is 10.3. The Kier molecular flexibility index (Phi) is 8.53. The Bertz CT molecular complexity index is 1250. The Morgan fingerprint density at radius 3 is 2.56 bits per heavy atom. The van der Waals surface area contributed by atoms with Gasteiger partial charge in [-0.1, -0.05) is 67.7 Å². The molecule has 2 atom stereocenters. The van der Waals surface area contributed by atoms with Crippen LogP contribution in [-0.2, 0) is 0 Å². The van der Waals surface area contributed by atoms with E-state index in [1.54, 1.807) is 6.20 Å². The zero-order valence-corrected chi connectivity index (χ0v) is 22.4. The molecule has 0 amide bonds. The molecule has 4 aromatic rings. The number of rotatable bonds is 10. The van der Waals surface area contributed by atoms with E-state index >= 15 is 0 Å². The van der Waals surface area contributed by atoms with E-state index in [9.17, 15) is 0 Å². The molecule has 0 aliphatic carbocycles. The normalized spacial score (nSPS) is 13.3. The number of hydrogen-bond donors (Lipinski definition) is 2. The number of hydrogen-bond acceptors (Lipinski definition) is 4. The van der Waals surface area contributed by atoms with E-state index in [0.29, 0.717) is 0 Å². The van der Waals surface area contributed by atoms with Crippen LogP contribution in [0.5, 0.6) is 0 Å². The van der Waals surface area contributed by atoms with Crippen LogP contribution >= 0.6 is 26.6 Å². The molecule has 0 saturated carbocycles. The summed E-state index contributed by atoms with van der Waals surface area (Å²) in [4.78, 5) is 6.10. The van der Waals surface area contributed by atoms with Crippen molar-refractivity contribution in [3.05, 3.63) is 71.3 Å². The predicted octanol–water partition coefficient (Wildman–Crippen LogP) is 7.68. The highest BCUT2D eigenvalue weighted by Crippen LogP contribution is 2.29. The standard InChI is InChI=1S/C27H32BrN5S/c1-4-9-20(3)16-17-30-34(5-2)23-14-12-22(13-15-23)31-26-18-25(21-10-7-6-8-11-21)32-27-24(28)19-29-33(26)27/h5-8,10-15,18-20,30-31H,4,9,16-17H2,1-3H3. The molecule has 178 valence electrons. The fraction of sp³-hybridized carbons (Fsp3) is 0.296. The van der Waals surface area contributed by atoms with Gasteiger partial charge in [0.1, 0.15) is 5.82 Å². The molecule has 5 nitrogen and oxygen atoms in total. The molecular formula is C27H32BrN5S. The van der Waals surface area contributed by atoms with Crippen molar-refractivity contribution in [2.24, 2.45) is 5.92 Å². The molecule has 2 aromatic carbocycles. The molecule has 2 heterocycles. The average Bonchev–Trinajstić information content (AvgIpc) is 3.24. The Morgan fingerprint density at radius 1 is 1.09 bits per heavy atom. The van der Waals surface area contributed by atoms with Gasteiger partial charge in [-0.25, -0.2) is 4.98 Å². The van der Waals surface area contributed by atoms with E-state index in [0.717, 1.165) is 45.3 Å². The lowest BCUT2D eigenvalue weighted by molar-refractivity contribution is 0.487. The van der Waals surface area contributed by atoms with Crippen LogP contribution in [0, 0.1) is 5.92 Å². The summed E-state index contributed by atoms with van der Waals surface area (Å²) in [6.07, 6.45) is 5.55. The fourth-order valence-corrected chi connectivity index (χ4v) is 5.69. The van der Waals surface area contributed by atoms with Crippen LogP contribution in [0.2, 0.25) is 0 Å². The minimum atomic E-state index is -0.0540. The molecule has 0 bridgehead atoms. The number of aromatic nitrogens is 3. The fourth-order valence-electron chi connectivity index (χ4n) is 3.97. The molecule has 0 aliphatic heterocycles. The van der Waals surface area contributed by atoms with Gasteiger partial charge in [-0.15, -0.1) is 0 Å². The van der Waals surface area contributed by atoms with Crippen molar-refractivity contribution < 1.29 is 0 Å². The van der Waals surface area contributed by atoms with Gasteiger partial charge in [0.05, 0.1) is 16.4 Å². The van der Waals surface area contributed by atoms with Gasteiger partial charge in [-0.3, -0.25) is 4.72 Å². The molecule has 0 fully saturated rings. The van der Waals surface area contributed by atoms with Crippen molar-refractivity contribution in [1.29, 1.82) is 0 Å². The number of halogens is 1. The lowest BCUT2D eigenvalue weighted by atomic mass is 10.0. The minimum absolute atomic E-state index is 0.0540. The summed E-state index contributed by atoms with van der Waals surface area (Å²) in [6, 6.07) is 20.9. The maximum atomic E-state index is 4.81. The zero-order valence-electron chi connectivity index (χ0n) is 20.0. The molecule has 2 unspecified atom stereocenters. The number of anilines is 2. The van der Waals surface area contributed by atoms with Crippen molar-refractivity contribution in [1.82, 2.24) is 19.3 Å². The summed E-state index contributed by atoms with van der Waals surface area (Å²) in [5.41, 5.74) is 3.76. The molecule has 0 radical (unpaired) electrons. The van der Waals surface area contributed by atoms with Gasteiger partial charge in [0.2, 0.25) is 0 Å².